The molecule has 5 heteroatoms. The van der Waals surface area contributed by atoms with Gasteiger partial charge in [0.2, 0.25) is 5.95 Å². The number of aliphatic hydroxyl groups is 1. The fourth-order valence-electron chi connectivity index (χ4n) is 3.07. The molecular weight excluding hydrogens is 264 g/mol. The minimum Gasteiger partial charge on any atom is -0.389 e. The Morgan fingerprint density at radius 3 is 2.43 bits per heavy atom. The zero-order chi connectivity index (χ0) is 15.0. The van der Waals surface area contributed by atoms with E-state index in [1.54, 1.807) is 0 Å². The molecule has 0 radical (unpaired) electrons. The van der Waals surface area contributed by atoms with Crippen molar-refractivity contribution in [2.24, 2.45) is 7.05 Å². The molecule has 0 bridgehead atoms. The highest BCUT2D eigenvalue weighted by atomic mass is 16.3. The standard InChI is InChI=1S/C16H24N4O/c1-16(2,21)12-19-8-10-20(11-9-19)15-17-13-6-4-5-7-14(13)18(15)3/h4-7,21H,8-12H2,1-3H3. The van der Waals surface area contributed by atoms with Crippen LogP contribution in [0.1, 0.15) is 13.8 Å². The summed E-state index contributed by atoms with van der Waals surface area (Å²) in [6.45, 7) is 8.29. The molecule has 0 aliphatic carbocycles. The van der Waals surface area contributed by atoms with Crippen molar-refractivity contribution in [2.75, 3.05) is 37.6 Å². The van der Waals surface area contributed by atoms with Crippen molar-refractivity contribution >= 4 is 17.0 Å². The van der Waals surface area contributed by atoms with Gasteiger partial charge in [-0.25, -0.2) is 4.98 Å². The smallest absolute Gasteiger partial charge is 0.206 e. The van der Waals surface area contributed by atoms with Crippen molar-refractivity contribution in [1.82, 2.24) is 14.5 Å². The van der Waals surface area contributed by atoms with E-state index in [1.807, 2.05) is 19.9 Å². The van der Waals surface area contributed by atoms with Gasteiger partial charge in [-0.2, -0.15) is 0 Å². The third kappa shape index (κ3) is 3.04. The molecule has 1 aliphatic rings. The molecule has 1 N–H and O–H groups in total. The zero-order valence-electron chi connectivity index (χ0n) is 13.1. The van der Waals surface area contributed by atoms with E-state index < -0.39 is 5.60 Å². The Hall–Kier alpha value is -1.59. The minimum atomic E-state index is -0.625. The molecule has 5 nitrogen and oxygen atoms in total. The first-order chi connectivity index (χ1) is 9.94. The average Bonchev–Trinajstić information content (AvgIpc) is 2.76. The summed E-state index contributed by atoms with van der Waals surface area (Å²) in [6, 6.07) is 8.25. The number of β-amino-alcohol motifs (C(OH)–C–C–N with tert-alkyl or cyclic N) is 1. The maximum Gasteiger partial charge on any atom is 0.206 e. The Labute approximate surface area is 125 Å². The van der Waals surface area contributed by atoms with E-state index in [0.29, 0.717) is 0 Å². The van der Waals surface area contributed by atoms with Crippen molar-refractivity contribution in [1.29, 1.82) is 0 Å². The topological polar surface area (TPSA) is 44.5 Å². The third-order valence-corrected chi connectivity index (χ3v) is 4.03. The number of para-hydroxylation sites is 2. The van der Waals surface area contributed by atoms with Crippen LogP contribution in [0.15, 0.2) is 24.3 Å². The van der Waals surface area contributed by atoms with Gasteiger partial charge in [-0.15, -0.1) is 0 Å². The van der Waals surface area contributed by atoms with Crippen LogP contribution in [0.5, 0.6) is 0 Å². The van der Waals surface area contributed by atoms with Crippen molar-refractivity contribution in [3.05, 3.63) is 24.3 Å². The summed E-state index contributed by atoms with van der Waals surface area (Å²) < 4.78 is 2.17. The van der Waals surface area contributed by atoms with Crippen LogP contribution in [0.4, 0.5) is 5.95 Å². The van der Waals surface area contributed by atoms with E-state index in [-0.39, 0.29) is 0 Å². The summed E-state index contributed by atoms with van der Waals surface area (Å²) >= 11 is 0. The van der Waals surface area contributed by atoms with E-state index in [0.717, 1.165) is 44.2 Å². The number of nitrogens with zero attached hydrogens (tertiary/aromatic N) is 4. The summed E-state index contributed by atoms with van der Waals surface area (Å²) in [5.74, 6) is 1.04. The van der Waals surface area contributed by atoms with Gasteiger partial charge in [-0.1, -0.05) is 12.1 Å². The van der Waals surface area contributed by atoms with Crippen LogP contribution < -0.4 is 4.90 Å². The van der Waals surface area contributed by atoms with Crippen LogP contribution in [0.25, 0.3) is 11.0 Å². The van der Waals surface area contributed by atoms with Gasteiger partial charge in [0, 0.05) is 39.8 Å². The number of imidazole rings is 1. The Balaban J connectivity index is 1.72. The number of benzene rings is 1. The maximum absolute atomic E-state index is 9.92. The van der Waals surface area contributed by atoms with Crippen molar-refractivity contribution in [3.8, 4) is 0 Å². The predicted octanol–water partition coefficient (Wildman–Crippen LogP) is 1.47. The predicted molar refractivity (Wildman–Crippen MR) is 85.7 cm³/mol. The number of rotatable bonds is 3. The Bertz CT molecular complexity index is 621. The van der Waals surface area contributed by atoms with Gasteiger partial charge in [-0.3, -0.25) is 4.90 Å². The monoisotopic (exact) mass is 288 g/mol. The van der Waals surface area contributed by atoms with Crippen LogP contribution in [-0.4, -0.2) is 57.9 Å². The highest BCUT2D eigenvalue weighted by molar-refractivity contribution is 5.78. The minimum absolute atomic E-state index is 0.625. The number of hydrogen-bond acceptors (Lipinski definition) is 4. The average molecular weight is 288 g/mol. The summed E-state index contributed by atoms with van der Waals surface area (Å²) in [4.78, 5) is 9.41. The molecule has 1 saturated heterocycles. The Morgan fingerprint density at radius 2 is 1.81 bits per heavy atom. The molecule has 1 aromatic carbocycles. The molecule has 0 amide bonds. The van der Waals surface area contributed by atoms with Gasteiger partial charge in [0.15, 0.2) is 0 Å². The molecule has 21 heavy (non-hydrogen) atoms. The number of hydrogen-bond donors (Lipinski definition) is 1. The summed E-state index contributed by atoms with van der Waals surface area (Å²) in [7, 11) is 2.08. The maximum atomic E-state index is 9.92. The molecule has 2 aromatic rings. The molecule has 0 atom stereocenters. The number of fused-ring (bicyclic) bond motifs is 1. The third-order valence-electron chi connectivity index (χ3n) is 4.03. The van der Waals surface area contributed by atoms with Crippen LogP contribution in [0, 0.1) is 0 Å². The first kappa shape index (κ1) is 14.4. The SMILES string of the molecule is Cn1c(N2CCN(CC(C)(C)O)CC2)nc2ccccc21. The number of piperazine rings is 1. The molecular formula is C16H24N4O. The van der Waals surface area contributed by atoms with E-state index in [2.05, 4.69) is 39.6 Å². The lowest BCUT2D eigenvalue weighted by Crippen LogP contribution is -2.51. The Morgan fingerprint density at radius 1 is 1.14 bits per heavy atom. The molecule has 2 heterocycles. The molecule has 0 saturated carbocycles. The first-order valence-electron chi connectivity index (χ1n) is 7.55. The van der Waals surface area contributed by atoms with Crippen LogP contribution in [0.2, 0.25) is 0 Å². The first-order valence-corrected chi connectivity index (χ1v) is 7.55. The second kappa shape index (κ2) is 5.31. The van der Waals surface area contributed by atoms with Crippen molar-refractivity contribution < 1.29 is 5.11 Å². The number of anilines is 1. The second-order valence-electron chi connectivity index (χ2n) is 6.54. The van der Waals surface area contributed by atoms with E-state index >= 15 is 0 Å². The number of aryl methyl sites for hydroxylation is 1. The highest BCUT2D eigenvalue weighted by Gasteiger charge is 2.24. The molecule has 3 rings (SSSR count). The normalized spacial score (nSPS) is 17.6. The lowest BCUT2D eigenvalue weighted by Gasteiger charge is -2.37. The van der Waals surface area contributed by atoms with Crippen molar-refractivity contribution in [3.63, 3.8) is 0 Å². The molecule has 1 fully saturated rings. The summed E-state index contributed by atoms with van der Waals surface area (Å²) in [6.07, 6.45) is 0. The highest BCUT2D eigenvalue weighted by Crippen LogP contribution is 2.22. The molecule has 114 valence electrons. The molecule has 0 spiro atoms. The fraction of sp³-hybridized carbons (Fsp3) is 0.562. The fourth-order valence-corrected chi connectivity index (χ4v) is 3.07. The lowest BCUT2D eigenvalue weighted by molar-refractivity contribution is 0.0344. The van der Waals surface area contributed by atoms with Crippen LogP contribution in [-0.2, 0) is 7.05 Å². The largest absolute Gasteiger partial charge is 0.389 e. The van der Waals surface area contributed by atoms with Crippen molar-refractivity contribution in [2.45, 2.75) is 19.4 Å². The number of aromatic nitrogens is 2. The summed E-state index contributed by atoms with van der Waals surface area (Å²) in [5, 5.41) is 9.92. The van der Waals surface area contributed by atoms with E-state index in [1.165, 1.54) is 5.52 Å². The van der Waals surface area contributed by atoms with Gasteiger partial charge in [0.05, 0.1) is 16.6 Å². The van der Waals surface area contributed by atoms with E-state index in [9.17, 15) is 5.11 Å². The lowest BCUT2D eigenvalue weighted by atomic mass is 10.1. The van der Waals surface area contributed by atoms with Crippen LogP contribution >= 0.6 is 0 Å². The summed E-state index contributed by atoms with van der Waals surface area (Å²) in [5.41, 5.74) is 1.60. The van der Waals surface area contributed by atoms with Gasteiger partial charge in [-0.05, 0) is 26.0 Å². The second-order valence-corrected chi connectivity index (χ2v) is 6.54. The molecule has 1 aliphatic heterocycles. The van der Waals surface area contributed by atoms with Gasteiger partial charge < -0.3 is 14.6 Å². The van der Waals surface area contributed by atoms with Gasteiger partial charge in [0.1, 0.15) is 0 Å². The Kier molecular flexibility index (Phi) is 3.63. The zero-order valence-corrected chi connectivity index (χ0v) is 13.1. The van der Waals surface area contributed by atoms with Gasteiger partial charge in [0.25, 0.3) is 0 Å². The quantitative estimate of drug-likeness (QED) is 0.929. The van der Waals surface area contributed by atoms with E-state index in [4.69, 9.17) is 4.98 Å². The van der Waals surface area contributed by atoms with Gasteiger partial charge >= 0.3 is 0 Å². The molecule has 1 aromatic heterocycles. The molecule has 0 unspecified atom stereocenters. The van der Waals surface area contributed by atoms with Crippen LogP contribution in [0.3, 0.4) is 0 Å².